The highest BCUT2D eigenvalue weighted by molar-refractivity contribution is 5.89. The van der Waals surface area contributed by atoms with Gasteiger partial charge < -0.3 is 24.8 Å². The summed E-state index contributed by atoms with van der Waals surface area (Å²) in [5.41, 5.74) is 3.10. The summed E-state index contributed by atoms with van der Waals surface area (Å²) in [5, 5.41) is 12.1. The lowest BCUT2D eigenvalue weighted by molar-refractivity contribution is -0.159. The first-order chi connectivity index (χ1) is 15.7. The maximum absolute atomic E-state index is 12.9. The Kier molecular flexibility index (Phi) is 6.12. The number of likely N-dealkylation sites (N-methyl/N-ethyl adjacent to an activating group) is 1. The molecule has 0 saturated carbocycles. The highest BCUT2D eigenvalue weighted by atomic mass is 16.6. The van der Waals surface area contributed by atoms with Crippen LogP contribution in [0.15, 0.2) is 48.5 Å². The molecule has 2 atom stereocenters. The first-order valence-electron chi connectivity index (χ1n) is 11.0. The van der Waals surface area contributed by atoms with Crippen molar-refractivity contribution in [2.45, 2.75) is 43.9 Å². The molecule has 8 heteroatoms. The SMILES string of the molecule is CN(C(=O)C1OCCC1NC(=O)OCC1c2ccccc2-c2ccccc21)C(C)(C)C(=O)O. The third-order valence-corrected chi connectivity index (χ3v) is 6.67. The van der Waals surface area contributed by atoms with Crippen molar-refractivity contribution < 1.29 is 29.0 Å². The van der Waals surface area contributed by atoms with Crippen LogP contribution in [0, 0.1) is 0 Å². The van der Waals surface area contributed by atoms with Crippen LogP contribution in [-0.2, 0) is 19.1 Å². The standard InChI is InChI=1S/C25H28N2O6/c1-25(2,23(29)30)27(3)22(28)21-20(12-13-32-21)26-24(31)33-14-19-17-10-6-4-8-15(17)16-9-5-7-11-18(16)19/h4-11,19-21H,12-14H2,1-3H3,(H,26,31)(H,29,30). The molecule has 2 aromatic carbocycles. The van der Waals surface area contributed by atoms with Gasteiger partial charge in [-0.25, -0.2) is 9.59 Å². The van der Waals surface area contributed by atoms with Gasteiger partial charge in [-0.3, -0.25) is 4.79 Å². The molecule has 0 radical (unpaired) electrons. The molecular formula is C25H28N2O6. The normalized spacial score (nSPS) is 19.5. The molecule has 2 unspecified atom stereocenters. The lowest BCUT2D eigenvalue weighted by Gasteiger charge is -2.34. The summed E-state index contributed by atoms with van der Waals surface area (Å²) < 4.78 is 11.1. The van der Waals surface area contributed by atoms with Gasteiger partial charge in [-0.15, -0.1) is 0 Å². The van der Waals surface area contributed by atoms with Crippen molar-refractivity contribution in [3.8, 4) is 11.1 Å². The third-order valence-electron chi connectivity index (χ3n) is 6.67. The number of carboxylic acid groups (broad SMARTS) is 1. The molecule has 2 aliphatic rings. The zero-order chi connectivity index (χ0) is 23.8. The topological polar surface area (TPSA) is 105 Å². The van der Waals surface area contributed by atoms with Gasteiger partial charge in [-0.2, -0.15) is 0 Å². The number of alkyl carbamates (subject to hydrolysis) is 1. The zero-order valence-electron chi connectivity index (χ0n) is 18.9. The molecule has 33 heavy (non-hydrogen) atoms. The van der Waals surface area contributed by atoms with Crippen molar-refractivity contribution in [2.75, 3.05) is 20.3 Å². The third kappa shape index (κ3) is 4.18. The molecule has 0 aromatic heterocycles. The maximum atomic E-state index is 12.9. The van der Waals surface area contributed by atoms with Crippen molar-refractivity contribution >= 4 is 18.0 Å². The van der Waals surface area contributed by atoms with E-state index < -0.39 is 35.7 Å². The van der Waals surface area contributed by atoms with Gasteiger partial charge in [0.1, 0.15) is 12.1 Å². The molecule has 1 heterocycles. The number of carboxylic acids is 1. The molecule has 2 amide bonds. The fourth-order valence-electron chi connectivity index (χ4n) is 4.38. The molecule has 2 aromatic rings. The minimum atomic E-state index is -1.41. The fraction of sp³-hybridized carbons (Fsp3) is 0.400. The number of rotatable bonds is 6. The highest BCUT2D eigenvalue weighted by Crippen LogP contribution is 2.44. The minimum absolute atomic E-state index is 0.0668. The van der Waals surface area contributed by atoms with E-state index in [1.54, 1.807) is 0 Å². The van der Waals surface area contributed by atoms with Gasteiger partial charge in [0.05, 0.1) is 6.04 Å². The molecule has 2 N–H and O–H groups in total. The Balaban J connectivity index is 1.40. The summed E-state index contributed by atoms with van der Waals surface area (Å²) >= 11 is 0. The summed E-state index contributed by atoms with van der Waals surface area (Å²) in [7, 11) is 1.42. The Bertz CT molecular complexity index is 1040. The number of carbonyl (C=O) groups is 3. The average molecular weight is 453 g/mol. The van der Waals surface area contributed by atoms with Crippen LogP contribution in [0.1, 0.15) is 37.3 Å². The molecule has 1 saturated heterocycles. The highest BCUT2D eigenvalue weighted by Gasteiger charge is 2.43. The second-order valence-corrected chi connectivity index (χ2v) is 8.92. The number of ether oxygens (including phenoxy) is 2. The van der Waals surface area contributed by atoms with E-state index in [2.05, 4.69) is 17.4 Å². The van der Waals surface area contributed by atoms with Gasteiger partial charge in [-0.1, -0.05) is 48.5 Å². The molecule has 1 aliphatic carbocycles. The van der Waals surface area contributed by atoms with Crippen LogP contribution in [0.5, 0.6) is 0 Å². The number of benzene rings is 2. The van der Waals surface area contributed by atoms with Crippen molar-refractivity contribution in [1.82, 2.24) is 10.2 Å². The number of hydrogen-bond donors (Lipinski definition) is 2. The van der Waals surface area contributed by atoms with Crippen molar-refractivity contribution in [1.29, 1.82) is 0 Å². The molecule has 1 aliphatic heterocycles. The lowest BCUT2D eigenvalue weighted by Crippen LogP contribution is -2.57. The molecule has 0 bridgehead atoms. The van der Waals surface area contributed by atoms with E-state index in [-0.39, 0.29) is 19.1 Å². The van der Waals surface area contributed by atoms with Gasteiger partial charge in [0.15, 0.2) is 6.10 Å². The van der Waals surface area contributed by atoms with E-state index in [9.17, 15) is 19.5 Å². The molecule has 8 nitrogen and oxygen atoms in total. The zero-order valence-corrected chi connectivity index (χ0v) is 18.9. The second kappa shape index (κ2) is 8.86. The number of aliphatic carboxylic acids is 1. The Morgan fingerprint density at radius 3 is 2.24 bits per heavy atom. The number of carbonyl (C=O) groups excluding carboxylic acids is 2. The van der Waals surface area contributed by atoms with Crippen LogP contribution in [0.4, 0.5) is 4.79 Å². The number of nitrogens with one attached hydrogen (secondary N) is 1. The van der Waals surface area contributed by atoms with Crippen LogP contribution in [0.2, 0.25) is 0 Å². The van der Waals surface area contributed by atoms with Crippen LogP contribution >= 0.6 is 0 Å². The Morgan fingerprint density at radius 1 is 1.09 bits per heavy atom. The summed E-state index contributed by atoms with van der Waals surface area (Å²) in [4.78, 5) is 38.1. The first kappa shape index (κ1) is 22.8. The van der Waals surface area contributed by atoms with Crippen LogP contribution < -0.4 is 5.32 Å². The molecular weight excluding hydrogens is 424 g/mol. The number of nitrogens with zero attached hydrogens (tertiary/aromatic N) is 1. The number of hydrogen-bond acceptors (Lipinski definition) is 5. The second-order valence-electron chi connectivity index (χ2n) is 8.92. The maximum Gasteiger partial charge on any atom is 0.407 e. The summed E-state index contributed by atoms with van der Waals surface area (Å²) in [6.07, 6.45) is -1.17. The Morgan fingerprint density at radius 2 is 1.67 bits per heavy atom. The van der Waals surface area contributed by atoms with E-state index >= 15 is 0 Å². The van der Waals surface area contributed by atoms with E-state index in [1.165, 1.54) is 20.9 Å². The Labute approximate surface area is 192 Å². The summed E-state index contributed by atoms with van der Waals surface area (Å²) in [6, 6.07) is 15.5. The quantitative estimate of drug-likeness (QED) is 0.698. The molecule has 174 valence electrons. The number of fused-ring (bicyclic) bond motifs is 3. The van der Waals surface area contributed by atoms with E-state index in [1.807, 2.05) is 36.4 Å². The molecule has 0 spiro atoms. The molecule has 1 fully saturated rings. The smallest absolute Gasteiger partial charge is 0.407 e. The van der Waals surface area contributed by atoms with Crippen LogP contribution in [0.3, 0.4) is 0 Å². The Hall–Kier alpha value is -3.39. The molecule has 4 rings (SSSR count). The van der Waals surface area contributed by atoms with Crippen LogP contribution in [-0.4, -0.2) is 65.9 Å². The monoisotopic (exact) mass is 452 g/mol. The van der Waals surface area contributed by atoms with Gasteiger partial charge in [-0.05, 0) is 42.5 Å². The predicted octanol–water partition coefficient (Wildman–Crippen LogP) is 3.00. The summed E-state index contributed by atoms with van der Waals surface area (Å²) in [5.74, 6) is -1.69. The largest absolute Gasteiger partial charge is 0.480 e. The minimum Gasteiger partial charge on any atom is -0.480 e. The lowest BCUT2D eigenvalue weighted by atomic mass is 9.98. The van der Waals surface area contributed by atoms with Gasteiger partial charge in [0.2, 0.25) is 0 Å². The first-order valence-corrected chi connectivity index (χ1v) is 11.0. The van der Waals surface area contributed by atoms with E-state index in [0.29, 0.717) is 6.42 Å². The van der Waals surface area contributed by atoms with Gasteiger partial charge in [0.25, 0.3) is 5.91 Å². The van der Waals surface area contributed by atoms with Gasteiger partial charge in [0, 0.05) is 19.6 Å². The van der Waals surface area contributed by atoms with Crippen molar-refractivity contribution in [3.63, 3.8) is 0 Å². The number of amides is 2. The van der Waals surface area contributed by atoms with Crippen molar-refractivity contribution in [3.05, 3.63) is 59.7 Å². The predicted molar refractivity (Wildman–Crippen MR) is 121 cm³/mol. The van der Waals surface area contributed by atoms with Gasteiger partial charge >= 0.3 is 12.1 Å². The summed E-state index contributed by atoms with van der Waals surface area (Å²) in [6.45, 7) is 3.33. The van der Waals surface area contributed by atoms with E-state index in [4.69, 9.17) is 9.47 Å². The van der Waals surface area contributed by atoms with Crippen molar-refractivity contribution in [2.24, 2.45) is 0 Å². The van der Waals surface area contributed by atoms with E-state index in [0.717, 1.165) is 27.2 Å². The average Bonchev–Trinajstić information content (AvgIpc) is 3.39. The van der Waals surface area contributed by atoms with Crippen LogP contribution in [0.25, 0.3) is 11.1 Å². The fourth-order valence-corrected chi connectivity index (χ4v) is 4.38.